The Morgan fingerprint density at radius 1 is 1.25 bits per heavy atom. The van der Waals surface area contributed by atoms with E-state index in [-0.39, 0.29) is 12.4 Å². The summed E-state index contributed by atoms with van der Waals surface area (Å²) in [4.78, 5) is 34.3. The van der Waals surface area contributed by atoms with E-state index in [1.165, 1.54) is 0 Å². The average molecular weight is 404 g/mol. The predicted octanol–water partition coefficient (Wildman–Crippen LogP) is 2.46. The lowest BCUT2D eigenvalue weighted by Crippen LogP contribution is -2.32. The Morgan fingerprint density at radius 3 is 2.36 bits per heavy atom. The van der Waals surface area contributed by atoms with Crippen LogP contribution in [0.1, 0.15) is 25.3 Å². The van der Waals surface area contributed by atoms with Gasteiger partial charge in [0.25, 0.3) is 0 Å². The van der Waals surface area contributed by atoms with E-state index in [1.807, 2.05) is 6.92 Å². The summed E-state index contributed by atoms with van der Waals surface area (Å²) in [5.74, 6) is -3.63. The number of benzene rings is 1. The molecule has 0 aliphatic heterocycles. The highest BCUT2D eigenvalue weighted by molar-refractivity contribution is 5.86. The SMILES string of the molecule is CCCC(=O)Oc1ccc2[nH]cc(CC(N)C(=O)O)c2c1.O=C(O)C(F)(F)F. The van der Waals surface area contributed by atoms with Crippen LogP contribution in [0.2, 0.25) is 0 Å². The van der Waals surface area contributed by atoms with Gasteiger partial charge in [0.05, 0.1) is 0 Å². The third-order valence-electron chi connectivity index (χ3n) is 3.42. The molecule has 1 heterocycles. The summed E-state index contributed by atoms with van der Waals surface area (Å²) in [5.41, 5.74) is 7.19. The van der Waals surface area contributed by atoms with Gasteiger partial charge < -0.3 is 25.7 Å². The standard InChI is InChI=1S/C15H18N2O4.C2HF3O2/c1-2-3-14(18)21-10-4-5-13-11(7-10)9(8-17-13)6-12(16)15(19)20;3-2(4,5)1(6)7/h4-5,7-8,12,17H,2-3,6,16H2,1H3,(H,19,20);(H,6,7). The Labute approximate surface area is 157 Å². The zero-order valence-electron chi connectivity index (χ0n) is 14.7. The van der Waals surface area contributed by atoms with E-state index in [9.17, 15) is 22.8 Å². The van der Waals surface area contributed by atoms with Crippen molar-refractivity contribution < 1.29 is 42.5 Å². The molecule has 154 valence electrons. The molecular formula is C17H19F3N2O6. The number of fused-ring (bicyclic) bond motifs is 1. The van der Waals surface area contributed by atoms with Gasteiger partial charge in [-0.2, -0.15) is 13.2 Å². The number of aromatic amines is 1. The maximum absolute atomic E-state index is 11.5. The Balaban J connectivity index is 0.000000480. The Hall–Kier alpha value is -3.08. The van der Waals surface area contributed by atoms with Gasteiger partial charge in [0, 0.05) is 29.9 Å². The second kappa shape index (κ2) is 9.74. The van der Waals surface area contributed by atoms with Crippen LogP contribution in [0.25, 0.3) is 10.9 Å². The van der Waals surface area contributed by atoms with Crippen LogP contribution < -0.4 is 10.5 Å². The molecule has 0 bridgehead atoms. The minimum Gasteiger partial charge on any atom is -0.480 e. The fourth-order valence-corrected chi connectivity index (χ4v) is 2.10. The number of carbonyl (C=O) groups excluding carboxylic acids is 1. The van der Waals surface area contributed by atoms with Crippen LogP contribution in [-0.4, -0.2) is 45.3 Å². The van der Waals surface area contributed by atoms with Gasteiger partial charge in [-0.3, -0.25) is 9.59 Å². The number of hydrogen-bond donors (Lipinski definition) is 4. The Morgan fingerprint density at radius 2 is 1.86 bits per heavy atom. The minimum absolute atomic E-state index is 0.210. The quantitative estimate of drug-likeness (QED) is 0.428. The van der Waals surface area contributed by atoms with Crippen LogP contribution in [0, 0.1) is 0 Å². The lowest BCUT2D eigenvalue weighted by Gasteiger charge is -2.06. The summed E-state index contributed by atoms with van der Waals surface area (Å²) in [5, 5.41) is 16.8. The molecule has 2 aromatic rings. The van der Waals surface area contributed by atoms with Crippen molar-refractivity contribution in [3.05, 3.63) is 30.0 Å². The van der Waals surface area contributed by atoms with Crippen LogP contribution >= 0.6 is 0 Å². The van der Waals surface area contributed by atoms with Crippen LogP contribution in [0.5, 0.6) is 5.75 Å². The number of alkyl halides is 3. The first-order valence-corrected chi connectivity index (χ1v) is 8.04. The molecule has 5 N–H and O–H groups in total. The van der Waals surface area contributed by atoms with E-state index in [1.54, 1.807) is 24.4 Å². The number of nitrogens with one attached hydrogen (secondary N) is 1. The third kappa shape index (κ3) is 6.91. The lowest BCUT2D eigenvalue weighted by molar-refractivity contribution is -0.192. The molecule has 1 atom stereocenters. The van der Waals surface area contributed by atoms with Crippen molar-refractivity contribution in [2.45, 2.75) is 38.4 Å². The fourth-order valence-electron chi connectivity index (χ4n) is 2.10. The summed E-state index contributed by atoms with van der Waals surface area (Å²) < 4.78 is 37.0. The Kier molecular flexibility index (Phi) is 7.99. The third-order valence-corrected chi connectivity index (χ3v) is 3.42. The number of esters is 1. The summed E-state index contributed by atoms with van der Waals surface area (Å²) >= 11 is 0. The number of carboxylic acid groups (broad SMARTS) is 2. The molecule has 0 aliphatic carbocycles. The Bertz CT molecular complexity index is 847. The van der Waals surface area contributed by atoms with Gasteiger partial charge in [-0.15, -0.1) is 0 Å². The van der Waals surface area contributed by atoms with Crippen LogP contribution in [-0.2, 0) is 20.8 Å². The van der Waals surface area contributed by atoms with Crippen LogP contribution in [0.15, 0.2) is 24.4 Å². The largest absolute Gasteiger partial charge is 0.490 e. The van der Waals surface area contributed by atoms with E-state index in [4.69, 9.17) is 25.5 Å². The molecule has 2 rings (SSSR count). The number of carboxylic acids is 2. The van der Waals surface area contributed by atoms with E-state index in [2.05, 4.69) is 4.98 Å². The molecule has 8 nitrogen and oxygen atoms in total. The molecule has 0 amide bonds. The summed E-state index contributed by atoms with van der Waals surface area (Å²) in [7, 11) is 0. The number of rotatable bonds is 6. The maximum atomic E-state index is 11.5. The number of aromatic nitrogens is 1. The van der Waals surface area contributed by atoms with Gasteiger partial charge in [0.1, 0.15) is 11.8 Å². The number of ether oxygens (including phenoxy) is 1. The fraction of sp³-hybridized carbons (Fsp3) is 0.353. The zero-order valence-corrected chi connectivity index (χ0v) is 14.7. The molecule has 0 fully saturated rings. The first-order chi connectivity index (χ1) is 13.0. The number of carbonyl (C=O) groups is 3. The highest BCUT2D eigenvalue weighted by Gasteiger charge is 2.38. The first kappa shape index (κ1) is 23.0. The molecule has 0 saturated carbocycles. The van der Waals surface area contributed by atoms with Crippen molar-refractivity contribution >= 4 is 28.8 Å². The van der Waals surface area contributed by atoms with Crippen molar-refractivity contribution in [3.8, 4) is 5.75 Å². The number of hydrogen-bond acceptors (Lipinski definition) is 5. The van der Waals surface area contributed by atoms with Gasteiger partial charge >= 0.3 is 24.1 Å². The predicted molar refractivity (Wildman–Crippen MR) is 91.8 cm³/mol. The second-order valence-electron chi connectivity index (χ2n) is 5.70. The first-order valence-electron chi connectivity index (χ1n) is 8.04. The number of halogens is 3. The molecule has 0 radical (unpaired) electrons. The number of aliphatic carboxylic acids is 2. The zero-order chi connectivity index (χ0) is 21.5. The molecule has 11 heteroatoms. The van der Waals surface area contributed by atoms with E-state index < -0.39 is 24.2 Å². The molecule has 1 aromatic heterocycles. The van der Waals surface area contributed by atoms with Gasteiger partial charge in [-0.05, 0) is 30.2 Å². The highest BCUT2D eigenvalue weighted by Crippen LogP contribution is 2.25. The van der Waals surface area contributed by atoms with Gasteiger partial charge in [-0.25, -0.2) is 4.79 Å². The van der Waals surface area contributed by atoms with Gasteiger partial charge in [0.15, 0.2) is 0 Å². The number of H-pyrrole nitrogens is 1. The topological polar surface area (TPSA) is 143 Å². The van der Waals surface area contributed by atoms with Crippen molar-refractivity contribution in [2.75, 3.05) is 0 Å². The van der Waals surface area contributed by atoms with Crippen molar-refractivity contribution in [1.29, 1.82) is 0 Å². The summed E-state index contributed by atoms with van der Waals surface area (Å²) in [6.45, 7) is 1.90. The van der Waals surface area contributed by atoms with Gasteiger partial charge in [-0.1, -0.05) is 6.92 Å². The molecular weight excluding hydrogens is 385 g/mol. The summed E-state index contributed by atoms with van der Waals surface area (Å²) in [6, 6.07) is 4.26. The monoisotopic (exact) mass is 404 g/mol. The molecule has 28 heavy (non-hydrogen) atoms. The van der Waals surface area contributed by atoms with E-state index >= 15 is 0 Å². The second-order valence-corrected chi connectivity index (χ2v) is 5.70. The molecule has 0 aliphatic rings. The van der Waals surface area contributed by atoms with Crippen LogP contribution in [0.3, 0.4) is 0 Å². The molecule has 1 unspecified atom stereocenters. The van der Waals surface area contributed by atoms with E-state index in [0.29, 0.717) is 12.2 Å². The van der Waals surface area contributed by atoms with Gasteiger partial charge in [0.2, 0.25) is 0 Å². The van der Waals surface area contributed by atoms with Crippen molar-refractivity contribution in [1.82, 2.24) is 4.98 Å². The maximum Gasteiger partial charge on any atom is 0.490 e. The molecule has 0 spiro atoms. The highest BCUT2D eigenvalue weighted by atomic mass is 19.4. The normalized spacial score (nSPS) is 12.0. The van der Waals surface area contributed by atoms with Crippen LogP contribution in [0.4, 0.5) is 13.2 Å². The lowest BCUT2D eigenvalue weighted by atomic mass is 10.1. The number of nitrogens with two attached hydrogens (primary N) is 1. The average Bonchev–Trinajstić information content (AvgIpc) is 2.97. The van der Waals surface area contributed by atoms with Crippen molar-refractivity contribution in [3.63, 3.8) is 0 Å². The van der Waals surface area contributed by atoms with Crippen molar-refractivity contribution in [2.24, 2.45) is 5.73 Å². The minimum atomic E-state index is -5.08. The molecule has 1 aromatic carbocycles. The molecule has 0 saturated heterocycles. The van der Waals surface area contributed by atoms with E-state index in [0.717, 1.165) is 22.9 Å². The smallest absolute Gasteiger partial charge is 0.480 e. The summed E-state index contributed by atoms with van der Waals surface area (Å²) in [6.07, 6.45) is -2.06.